The van der Waals surface area contributed by atoms with Crippen LogP contribution in [-0.2, 0) is 14.6 Å². The van der Waals surface area contributed by atoms with E-state index < -0.39 is 22.0 Å². The number of hydrogen-bond acceptors (Lipinski definition) is 6. The van der Waals surface area contributed by atoms with E-state index in [1.54, 1.807) is 0 Å². The van der Waals surface area contributed by atoms with Gasteiger partial charge in [-0.2, -0.15) is 0 Å². The van der Waals surface area contributed by atoms with Crippen LogP contribution >= 0.6 is 0 Å². The van der Waals surface area contributed by atoms with Crippen molar-refractivity contribution in [1.82, 2.24) is 9.97 Å². The Labute approximate surface area is 98.1 Å². The van der Waals surface area contributed by atoms with Gasteiger partial charge >= 0.3 is 6.09 Å². The van der Waals surface area contributed by atoms with Gasteiger partial charge in [0.25, 0.3) is 0 Å². The standard InChI is InChI=1S/C9H11N3O4S/c1-3-6-5-4-10-8(17(2,14)15)11-7(5)12-9(13)16-6/h4,6H,3H2,1-2H3,(H,10,11,12,13). The molecule has 7 nitrogen and oxygen atoms in total. The molecule has 0 saturated heterocycles. The number of anilines is 1. The Morgan fingerprint density at radius 2 is 2.24 bits per heavy atom. The molecule has 1 aliphatic heterocycles. The fourth-order valence-electron chi connectivity index (χ4n) is 1.51. The smallest absolute Gasteiger partial charge is 0.413 e. The molecular formula is C9H11N3O4S. The van der Waals surface area contributed by atoms with Gasteiger partial charge in [0.15, 0.2) is 0 Å². The third-order valence-electron chi connectivity index (χ3n) is 2.31. The number of nitrogens with zero attached hydrogens (tertiary/aromatic N) is 2. The van der Waals surface area contributed by atoms with E-state index in [-0.39, 0.29) is 11.0 Å². The molecule has 8 heteroatoms. The van der Waals surface area contributed by atoms with Crippen LogP contribution in [0.2, 0.25) is 0 Å². The highest BCUT2D eigenvalue weighted by Gasteiger charge is 2.28. The third-order valence-corrected chi connectivity index (χ3v) is 3.17. The Kier molecular flexibility index (Phi) is 2.74. The highest BCUT2D eigenvalue weighted by molar-refractivity contribution is 7.90. The van der Waals surface area contributed by atoms with Crippen LogP contribution in [0.4, 0.5) is 10.6 Å². The summed E-state index contributed by atoms with van der Waals surface area (Å²) >= 11 is 0. The summed E-state index contributed by atoms with van der Waals surface area (Å²) in [5.41, 5.74) is 0.583. The zero-order chi connectivity index (χ0) is 12.6. The fraction of sp³-hybridized carbons (Fsp3) is 0.444. The summed E-state index contributed by atoms with van der Waals surface area (Å²) in [5.74, 6) is 0.198. The summed E-state index contributed by atoms with van der Waals surface area (Å²) in [7, 11) is -3.49. The van der Waals surface area contributed by atoms with Crippen molar-refractivity contribution < 1.29 is 17.9 Å². The van der Waals surface area contributed by atoms with Crippen molar-refractivity contribution in [3.63, 3.8) is 0 Å². The first-order chi connectivity index (χ1) is 7.91. The number of carbonyl (C=O) groups excluding carboxylic acids is 1. The van der Waals surface area contributed by atoms with Crippen LogP contribution in [0.25, 0.3) is 0 Å². The minimum atomic E-state index is -3.49. The molecule has 17 heavy (non-hydrogen) atoms. The predicted octanol–water partition coefficient (Wildman–Crippen LogP) is 0.893. The Morgan fingerprint density at radius 3 is 2.82 bits per heavy atom. The zero-order valence-electron chi connectivity index (χ0n) is 9.30. The largest absolute Gasteiger partial charge is 0.441 e. The lowest BCUT2D eigenvalue weighted by molar-refractivity contribution is 0.103. The first-order valence-electron chi connectivity index (χ1n) is 4.96. The molecule has 0 aliphatic carbocycles. The van der Waals surface area contributed by atoms with E-state index in [1.165, 1.54) is 6.20 Å². The van der Waals surface area contributed by atoms with Crippen molar-refractivity contribution in [2.45, 2.75) is 24.6 Å². The molecule has 1 amide bonds. The highest BCUT2D eigenvalue weighted by Crippen LogP contribution is 2.31. The van der Waals surface area contributed by atoms with Gasteiger partial charge in [-0.1, -0.05) is 6.92 Å². The van der Waals surface area contributed by atoms with Crippen LogP contribution in [0.3, 0.4) is 0 Å². The molecule has 1 aliphatic rings. The number of rotatable bonds is 2. The number of fused-ring (bicyclic) bond motifs is 1. The quantitative estimate of drug-likeness (QED) is 0.790. The number of nitrogens with one attached hydrogen (secondary N) is 1. The molecule has 1 unspecified atom stereocenters. The van der Waals surface area contributed by atoms with E-state index in [1.807, 2.05) is 6.92 Å². The molecule has 2 heterocycles. The third kappa shape index (κ3) is 2.21. The Balaban J connectivity index is 2.52. The second kappa shape index (κ2) is 3.95. The van der Waals surface area contributed by atoms with Crippen LogP contribution in [0.5, 0.6) is 0 Å². The summed E-state index contributed by atoms with van der Waals surface area (Å²) in [6, 6.07) is 0. The van der Waals surface area contributed by atoms with Crippen molar-refractivity contribution >= 4 is 21.7 Å². The lowest BCUT2D eigenvalue weighted by atomic mass is 10.1. The molecular weight excluding hydrogens is 246 g/mol. The summed E-state index contributed by atoms with van der Waals surface area (Å²) in [6.45, 7) is 1.84. The molecule has 92 valence electrons. The van der Waals surface area contributed by atoms with Crippen molar-refractivity contribution in [3.05, 3.63) is 11.8 Å². The lowest BCUT2D eigenvalue weighted by Crippen LogP contribution is -2.26. The predicted molar refractivity (Wildman–Crippen MR) is 58.3 cm³/mol. The van der Waals surface area contributed by atoms with Gasteiger partial charge < -0.3 is 4.74 Å². The summed E-state index contributed by atoms with van der Waals surface area (Å²) in [6.07, 6.45) is 1.87. The summed E-state index contributed by atoms with van der Waals surface area (Å²) < 4.78 is 27.6. The molecule has 2 rings (SSSR count). The number of carbonyl (C=O) groups is 1. The molecule has 0 radical (unpaired) electrons. The van der Waals surface area contributed by atoms with Crippen molar-refractivity contribution in [2.24, 2.45) is 0 Å². The summed E-state index contributed by atoms with van der Waals surface area (Å²) in [5, 5.41) is 2.05. The normalized spacial score (nSPS) is 19.2. The van der Waals surface area contributed by atoms with Crippen LogP contribution < -0.4 is 5.32 Å². The molecule has 0 aromatic carbocycles. The maximum Gasteiger partial charge on any atom is 0.413 e. The second-order valence-electron chi connectivity index (χ2n) is 3.66. The number of amides is 1. The van der Waals surface area contributed by atoms with Crippen molar-refractivity contribution in [3.8, 4) is 0 Å². The van der Waals surface area contributed by atoms with Crippen molar-refractivity contribution in [1.29, 1.82) is 0 Å². The fourth-order valence-corrected chi connectivity index (χ4v) is 2.01. The number of cyclic esters (lactones) is 1. The average Bonchev–Trinajstić information content (AvgIpc) is 2.25. The molecule has 1 N–H and O–H groups in total. The van der Waals surface area contributed by atoms with Gasteiger partial charge in [0.2, 0.25) is 15.0 Å². The van der Waals surface area contributed by atoms with E-state index in [2.05, 4.69) is 15.3 Å². The van der Waals surface area contributed by atoms with Gasteiger partial charge in [0.1, 0.15) is 11.9 Å². The number of ether oxygens (including phenoxy) is 1. The van der Waals surface area contributed by atoms with Gasteiger partial charge in [-0.15, -0.1) is 0 Å². The molecule has 0 spiro atoms. The molecule has 0 bridgehead atoms. The molecule has 1 aromatic rings. The van der Waals surface area contributed by atoms with Gasteiger partial charge in [0.05, 0.1) is 5.56 Å². The monoisotopic (exact) mass is 257 g/mol. The van der Waals surface area contributed by atoms with Crippen LogP contribution in [0, 0.1) is 0 Å². The zero-order valence-corrected chi connectivity index (χ0v) is 10.1. The van der Waals surface area contributed by atoms with Crippen LogP contribution in [-0.4, -0.2) is 30.7 Å². The van der Waals surface area contributed by atoms with Crippen LogP contribution in [0.1, 0.15) is 25.0 Å². The van der Waals surface area contributed by atoms with E-state index >= 15 is 0 Å². The highest BCUT2D eigenvalue weighted by atomic mass is 32.2. The molecule has 1 aromatic heterocycles. The maximum absolute atomic E-state index is 11.3. The lowest BCUT2D eigenvalue weighted by Gasteiger charge is -2.23. The van der Waals surface area contributed by atoms with E-state index in [4.69, 9.17) is 4.74 Å². The Morgan fingerprint density at radius 1 is 1.53 bits per heavy atom. The number of sulfone groups is 1. The number of hydrogen-bond donors (Lipinski definition) is 1. The molecule has 0 fully saturated rings. The molecule has 0 saturated carbocycles. The Hall–Kier alpha value is -1.70. The van der Waals surface area contributed by atoms with Gasteiger partial charge in [-0.25, -0.2) is 23.2 Å². The van der Waals surface area contributed by atoms with Gasteiger partial charge in [0, 0.05) is 12.5 Å². The van der Waals surface area contributed by atoms with E-state index in [0.717, 1.165) is 6.26 Å². The Bertz CT molecular complexity index is 570. The van der Waals surface area contributed by atoms with Crippen LogP contribution in [0.15, 0.2) is 11.4 Å². The van der Waals surface area contributed by atoms with Gasteiger partial charge in [-0.3, -0.25) is 5.32 Å². The maximum atomic E-state index is 11.3. The number of aromatic nitrogens is 2. The molecule has 1 atom stereocenters. The minimum absolute atomic E-state index is 0.198. The second-order valence-corrected chi connectivity index (χ2v) is 5.57. The SMILES string of the molecule is CCC1OC(=O)Nc2nc(S(C)(=O)=O)ncc21. The average molecular weight is 257 g/mol. The van der Waals surface area contributed by atoms with Gasteiger partial charge in [-0.05, 0) is 6.42 Å². The van der Waals surface area contributed by atoms with Crippen molar-refractivity contribution in [2.75, 3.05) is 11.6 Å². The summed E-state index contributed by atoms with van der Waals surface area (Å²) in [4.78, 5) is 18.8. The first kappa shape index (κ1) is 11.8. The minimum Gasteiger partial charge on any atom is -0.441 e. The topological polar surface area (TPSA) is 98.2 Å². The van der Waals surface area contributed by atoms with E-state index in [0.29, 0.717) is 12.0 Å². The first-order valence-corrected chi connectivity index (χ1v) is 6.85. The van der Waals surface area contributed by atoms with E-state index in [9.17, 15) is 13.2 Å².